The maximum atomic E-state index is 13.7. The van der Waals surface area contributed by atoms with E-state index in [1.54, 1.807) is 42.6 Å². The van der Waals surface area contributed by atoms with Gasteiger partial charge in [-0.2, -0.15) is 4.98 Å². The van der Waals surface area contributed by atoms with Crippen molar-refractivity contribution in [2.45, 2.75) is 11.3 Å². The predicted octanol–water partition coefficient (Wildman–Crippen LogP) is 2.66. The zero-order valence-electron chi connectivity index (χ0n) is 14.3. The molecule has 7 nitrogen and oxygen atoms in total. The number of nitrogens with zero attached hydrogens (tertiary/aromatic N) is 2. The first-order valence-corrected chi connectivity index (χ1v) is 9.67. The number of nitrogens with one attached hydrogen (secondary N) is 2. The molecule has 9 heteroatoms. The number of para-hydroxylation sites is 1. The largest absolute Gasteiger partial charge is 0.370 e. The fraction of sp³-hybridized carbons (Fsp3) is 0.111. The molecule has 140 valence electrons. The Labute approximate surface area is 156 Å². The van der Waals surface area contributed by atoms with Crippen molar-refractivity contribution in [3.05, 3.63) is 72.2 Å². The summed E-state index contributed by atoms with van der Waals surface area (Å²) in [4.78, 5) is 8.45. The molecule has 0 bridgehead atoms. The van der Waals surface area contributed by atoms with Crippen LogP contribution in [0.3, 0.4) is 0 Å². The van der Waals surface area contributed by atoms with Gasteiger partial charge < -0.3 is 10.6 Å². The molecule has 0 saturated carbocycles. The van der Waals surface area contributed by atoms with E-state index in [-0.39, 0.29) is 16.7 Å². The van der Waals surface area contributed by atoms with Crippen molar-refractivity contribution in [2.24, 2.45) is 5.14 Å². The van der Waals surface area contributed by atoms with E-state index >= 15 is 0 Å². The molecule has 0 aliphatic rings. The highest BCUT2D eigenvalue weighted by atomic mass is 32.2. The van der Waals surface area contributed by atoms with Crippen LogP contribution in [0, 0.1) is 5.82 Å². The van der Waals surface area contributed by atoms with E-state index in [0.29, 0.717) is 24.5 Å². The molecule has 0 atom stereocenters. The highest BCUT2D eigenvalue weighted by Crippen LogP contribution is 2.17. The molecule has 0 spiro atoms. The van der Waals surface area contributed by atoms with Crippen molar-refractivity contribution in [3.63, 3.8) is 0 Å². The molecule has 0 unspecified atom stereocenters. The lowest BCUT2D eigenvalue weighted by Gasteiger charge is -2.09. The molecule has 3 rings (SSSR count). The quantitative estimate of drug-likeness (QED) is 0.575. The Bertz CT molecular complexity index is 1030. The van der Waals surface area contributed by atoms with Crippen LogP contribution in [0.2, 0.25) is 0 Å². The Hall–Kier alpha value is -3.04. The van der Waals surface area contributed by atoms with Crippen LogP contribution in [0.1, 0.15) is 5.56 Å². The number of anilines is 3. The van der Waals surface area contributed by atoms with Gasteiger partial charge in [-0.05, 0) is 42.3 Å². The molecule has 0 amide bonds. The zero-order chi connectivity index (χ0) is 19.3. The van der Waals surface area contributed by atoms with Gasteiger partial charge in [-0.3, -0.25) is 0 Å². The molecule has 4 N–H and O–H groups in total. The minimum Gasteiger partial charge on any atom is -0.370 e. The van der Waals surface area contributed by atoms with Gasteiger partial charge in [-0.15, -0.1) is 0 Å². The van der Waals surface area contributed by atoms with E-state index < -0.39 is 10.0 Å². The van der Waals surface area contributed by atoms with Crippen LogP contribution in [0.4, 0.5) is 21.8 Å². The van der Waals surface area contributed by atoms with Crippen LogP contribution < -0.4 is 15.8 Å². The number of rotatable bonds is 7. The average Bonchev–Trinajstić information content (AvgIpc) is 2.64. The van der Waals surface area contributed by atoms with Crippen molar-refractivity contribution in [1.82, 2.24) is 9.97 Å². The molecular formula is C18H18FN5O2S. The summed E-state index contributed by atoms with van der Waals surface area (Å²) < 4.78 is 36.2. The minimum atomic E-state index is -3.68. The van der Waals surface area contributed by atoms with E-state index in [2.05, 4.69) is 20.6 Å². The van der Waals surface area contributed by atoms with Gasteiger partial charge in [0.25, 0.3) is 0 Å². The number of primary sulfonamides is 1. The third-order valence-electron chi connectivity index (χ3n) is 3.75. The van der Waals surface area contributed by atoms with Gasteiger partial charge in [0.2, 0.25) is 16.0 Å². The average molecular weight is 387 g/mol. The molecule has 1 heterocycles. The molecule has 0 saturated heterocycles. The second-order valence-electron chi connectivity index (χ2n) is 5.74. The van der Waals surface area contributed by atoms with Crippen molar-refractivity contribution in [3.8, 4) is 0 Å². The van der Waals surface area contributed by atoms with Gasteiger partial charge in [-0.1, -0.05) is 24.3 Å². The van der Waals surface area contributed by atoms with Crippen LogP contribution in [0.25, 0.3) is 0 Å². The Morgan fingerprint density at radius 2 is 1.78 bits per heavy atom. The minimum absolute atomic E-state index is 0.0823. The van der Waals surface area contributed by atoms with E-state index in [9.17, 15) is 12.8 Å². The third kappa shape index (κ3) is 5.22. The fourth-order valence-electron chi connectivity index (χ4n) is 2.38. The molecule has 0 aliphatic carbocycles. The second-order valence-corrected chi connectivity index (χ2v) is 7.30. The summed E-state index contributed by atoms with van der Waals surface area (Å²) in [7, 11) is -3.68. The van der Waals surface area contributed by atoms with E-state index in [4.69, 9.17) is 5.14 Å². The SMILES string of the molecule is NS(=O)(=O)c1ccc(CCNc2ccnc(Nc3ccccc3F)n2)cc1. The summed E-state index contributed by atoms with van der Waals surface area (Å²) in [6.45, 7) is 0.574. The van der Waals surface area contributed by atoms with E-state index in [1.807, 2.05) is 0 Å². The Kier molecular flexibility index (Phi) is 5.63. The number of halogens is 1. The van der Waals surface area contributed by atoms with Gasteiger partial charge in [0.15, 0.2) is 0 Å². The summed E-state index contributed by atoms with van der Waals surface area (Å²) in [5.41, 5.74) is 1.25. The summed E-state index contributed by atoms with van der Waals surface area (Å²) in [6, 6.07) is 14.4. The van der Waals surface area contributed by atoms with E-state index in [0.717, 1.165) is 5.56 Å². The highest BCUT2D eigenvalue weighted by Gasteiger charge is 2.07. The number of aromatic nitrogens is 2. The summed E-state index contributed by atoms with van der Waals surface area (Å²) in [6.07, 6.45) is 2.23. The molecule has 1 aromatic heterocycles. The number of hydrogen-bond donors (Lipinski definition) is 3. The van der Waals surface area contributed by atoms with Gasteiger partial charge in [0.1, 0.15) is 11.6 Å². The predicted molar refractivity (Wildman–Crippen MR) is 102 cm³/mol. The summed E-state index contributed by atoms with van der Waals surface area (Å²) >= 11 is 0. The molecule has 27 heavy (non-hydrogen) atoms. The topological polar surface area (TPSA) is 110 Å². The maximum Gasteiger partial charge on any atom is 0.238 e. The molecule has 0 aliphatic heterocycles. The highest BCUT2D eigenvalue weighted by molar-refractivity contribution is 7.89. The van der Waals surface area contributed by atoms with Gasteiger partial charge in [0, 0.05) is 12.7 Å². The maximum absolute atomic E-state index is 13.7. The normalized spacial score (nSPS) is 11.2. The molecule has 0 radical (unpaired) electrons. The number of hydrogen-bond acceptors (Lipinski definition) is 6. The van der Waals surface area contributed by atoms with Gasteiger partial charge >= 0.3 is 0 Å². The molecule has 0 fully saturated rings. The van der Waals surface area contributed by atoms with Crippen molar-refractivity contribution >= 4 is 27.5 Å². The van der Waals surface area contributed by atoms with Crippen molar-refractivity contribution in [1.29, 1.82) is 0 Å². The van der Waals surface area contributed by atoms with Crippen LogP contribution >= 0.6 is 0 Å². The second kappa shape index (κ2) is 8.11. The standard InChI is InChI=1S/C18H18FN5O2S/c19-15-3-1-2-4-16(15)23-18-22-12-10-17(24-18)21-11-9-13-5-7-14(8-6-13)27(20,25)26/h1-8,10,12H,9,11H2,(H2,20,25,26)(H2,21,22,23,24). The monoisotopic (exact) mass is 387 g/mol. The Morgan fingerprint density at radius 3 is 2.48 bits per heavy atom. The Balaban J connectivity index is 1.58. The Morgan fingerprint density at radius 1 is 1.04 bits per heavy atom. The van der Waals surface area contributed by atoms with Crippen LogP contribution in [0.5, 0.6) is 0 Å². The lowest BCUT2D eigenvalue weighted by molar-refractivity contribution is 0.597. The summed E-state index contributed by atoms with van der Waals surface area (Å²) in [5.74, 6) is 0.481. The number of benzene rings is 2. The first-order chi connectivity index (χ1) is 12.9. The number of sulfonamides is 1. The number of nitrogens with two attached hydrogens (primary N) is 1. The molecule has 3 aromatic rings. The van der Waals surface area contributed by atoms with Crippen LogP contribution in [-0.2, 0) is 16.4 Å². The van der Waals surface area contributed by atoms with Crippen molar-refractivity contribution < 1.29 is 12.8 Å². The van der Waals surface area contributed by atoms with Crippen LogP contribution in [0.15, 0.2) is 65.7 Å². The van der Waals surface area contributed by atoms with E-state index in [1.165, 1.54) is 18.2 Å². The molecule has 2 aromatic carbocycles. The first kappa shape index (κ1) is 18.7. The first-order valence-electron chi connectivity index (χ1n) is 8.12. The third-order valence-corrected chi connectivity index (χ3v) is 4.68. The smallest absolute Gasteiger partial charge is 0.238 e. The van der Waals surface area contributed by atoms with Gasteiger partial charge in [0.05, 0.1) is 10.6 Å². The zero-order valence-corrected chi connectivity index (χ0v) is 15.1. The summed E-state index contributed by atoms with van der Waals surface area (Å²) in [5, 5.41) is 11.1. The lowest BCUT2D eigenvalue weighted by Crippen LogP contribution is -2.12. The van der Waals surface area contributed by atoms with Gasteiger partial charge in [-0.25, -0.2) is 22.9 Å². The fourth-order valence-corrected chi connectivity index (χ4v) is 2.90. The lowest BCUT2D eigenvalue weighted by atomic mass is 10.1. The molecular weight excluding hydrogens is 369 g/mol. The van der Waals surface area contributed by atoms with Crippen molar-refractivity contribution in [2.75, 3.05) is 17.2 Å². The van der Waals surface area contributed by atoms with Crippen LogP contribution in [-0.4, -0.2) is 24.9 Å².